The molecule has 1 aromatic heterocycles. The van der Waals surface area contributed by atoms with Crippen LogP contribution in [0.2, 0.25) is 0 Å². The first-order valence-corrected chi connectivity index (χ1v) is 8.80. The van der Waals surface area contributed by atoms with Crippen molar-refractivity contribution in [3.63, 3.8) is 0 Å². The summed E-state index contributed by atoms with van der Waals surface area (Å²) >= 11 is 0. The average molecular weight is 341 g/mol. The van der Waals surface area contributed by atoms with Gasteiger partial charge in [-0.15, -0.1) is 0 Å². The Balaban J connectivity index is 1.83. The maximum Gasteiger partial charge on any atom is 0.472 e. The topological polar surface area (TPSA) is 79.2 Å². The molecule has 1 aliphatic rings. The van der Waals surface area contributed by atoms with E-state index in [1.165, 1.54) is 0 Å². The molecule has 0 aliphatic carbocycles. The lowest BCUT2D eigenvalue weighted by Crippen LogP contribution is -2.28. The van der Waals surface area contributed by atoms with Crippen molar-refractivity contribution in [1.29, 1.82) is 0 Å². The van der Waals surface area contributed by atoms with Crippen LogP contribution in [0.3, 0.4) is 0 Å². The zero-order valence-corrected chi connectivity index (χ0v) is 13.9. The molecule has 0 bridgehead atoms. The predicted octanol–water partition coefficient (Wildman–Crippen LogP) is 2.71. The summed E-state index contributed by atoms with van der Waals surface area (Å²) in [5, 5.41) is 1.11. The van der Waals surface area contributed by atoms with Gasteiger partial charge in [-0.05, 0) is 17.5 Å². The average Bonchev–Trinajstić information content (AvgIpc) is 3.12. The summed E-state index contributed by atoms with van der Waals surface area (Å²) in [7, 11) is -1.39. The van der Waals surface area contributed by atoms with Gasteiger partial charge in [0.1, 0.15) is 18.4 Å². The van der Waals surface area contributed by atoms with Crippen molar-refractivity contribution in [2.75, 3.05) is 20.8 Å². The van der Waals surface area contributed by atoms with E-state index in [2.05, 4.69) is 4.52 Å². The molecular weight excluding hydrogens is 321 g/mol. The number of nitrogens with zero attached hydrogens (tertiary/aromatic N) is 1. The third kappa shape index (κ3) is 3.50. The Labute approximate surface area is 134 Å². The Morgan fingerprint density at radius 1 is 1.35 bits per heavy atom. The molecule has 0 saturated carbocycles. The molecule has 2 heterocycles. The molecule has 7 nitrogen and oxygen atoms in total. The molecule has 23 heavy (non-hydrogen) atoms. The smallest absolute Gasteiger partial charge is 0.382 e. The first kappa shape index (κ1) is 16.6. The van der Waals surface area contributed by atoms with Crippen LogP contribution < -0.4 is 0 Å². The molecule has 0 amide bonds. The van der Waals surface area contributed by atoms with Crippen molar-refractivity contribution in [1.82, 2.24) is 4.57 Å². The lowest BCUT2D eigenvalue weighted by Gasteiger charge is -2.19. The second-order valence-electron chi connectivity index (χ2n) is 5.40. The van der Waals surface area contributed by atoms with E-state index >= 15 is 0 Å². The van der Waals surface area contributed by atoms with Gasteiger partial charge in [-0.25, -0.2) is 4.57 Å². The van der Waals surface area contributed by atoms with E-state index in [1.54, 1.807) is 7.11 Å². The minimum absolute atomic E-state index is 0.268. The maximum absolute atomic E-state index is 11.7. The Morgan fingerprint density at radius 3 is 2.87 bits per heavy atom. The van der Waals surface area contributed by atoms with Gasteiger partial charge in [0, 0.05) is 26.8 Å². The van der Waals surface area contributed by atoms with Crippen LogP contribution in [0.1, 0.15) is 12.6 Å². The Hall–Kier alpha value is -1.21. The standard InChI is InChI=1S/C15H20NO6P/c1-19-10-14-13(22-23(17,18)20-2)9-15(21-14)16-8-7-11-5-3-4-6-12(11)16/h3-8,13-15H,9-10H2,1-2H3,(H,17,18)/t13?,14-,15-/m1/s1. The van der Waals surface area contributed by atoms with Gasteiger partial charge in [0.05, 0.1) is 12.1 Å². The van der Waals surface area contributed by atoms with Crippen molar-refractivity contribution in [3.8, 4) is 0 Å². The summed E-state index contributed by atoms with van der Waals surface area (Å²) in [5.74, 6) is 0. The third-order valence-corrected chi connectivity index (χ3v) is 4.95. The zero-order valence-electron chi connectivity index (χ0n) is 13.0. The molecule has 8 heteroatoms. The highest BCUT2D eigenvalue weighted by molar-refractivity contribution is 7.47. The number of methoxy groups -OCH3 is 1. The van der Waals surface area contributed by atoms with E-state index in [0.29, 0.717) is 6.42 Å². The fourth-order valence-corrected chi connectivity index (χ4v) is 3.52. The molecule has 3 rings (SSSR count). The number of benzene rings is 1. The first-order chi connectivity index (χ1) is 11.0. The van der Waals surface area contributed by atoms with Crippen molar-refractivity contribution < 1.29 is 28.0 Å². The van der Waals surface area contributed by atoms with Crippen LogP contribution in [-0.2, 0) is 23.1 Å². The molecule has 1 fully saturated rings. The lowest BCUT2D eigenvalue weighted by molar-refractivity contribution is -0.0518. The Morgan fingerprint density at radius 2 is 2.13 bits per heavy atom. The van der Waals surface area contributed by atoms with Gasteiger partial charge in [-0.1, -0.05) is 18.2 Å². The summed E-state index contributed by atoms with van der Waals surface area (Å²) in [6.07, 6.45) is 1.05. The van der Waals surface area contributed by atoms with Gasteiger partial charge in [-0.3, -0.25) is 9.05 Å². The van der Waals surface area contributed by atoms with Crippen molar-refractivity contribution >= 4 is 18.7 Å². The van der Waals surface area contributed by atoms with Crippen LogP contribution in [0, 0.1) is 0 Å². The van der Waals surface area contributed by atoms with E-state index < -0.39 is 20.0 Å². The molecule has 126 valence electrons. The third-order valence-electron chi connectivity index (χ3n) is 3.95. The van der Waals surface area contributed by atoms with E-state index in [0.717, 1.165) is 18.0 Å². The largest absolute Gasteiger partial charge is 0.472 e. The Kier molecular flexibility index (Phi) is 4.87. The summed E-state index contributed by atoms with van der Waals surface area (Å²) in [5.41, 5.74) is 1.04. The number of ether oxygens (including phenoxy) is 2. The van der Waals surface area contributed by atoms with Crippen molar-refractivity contribution in [2.45, 2.75) is 24.9 Å². The predicted molar refractivity (Wildman–Crippen MR) is 84.0 cm³/mol. The highest BCUT2D eigenvalue weighted by atomic mass is 31.2. The minimum Gasteiger partial charge on any atom is -0.382 e. The number of para-hydroxylation sites is 1. The number of aromatic nitrogens is 1. The summed E-state index contributed by atoms with van der Waals surface area (Å²) in [6.45, 7) is 0.268. The molecule has 0 radical (unpaired) electrons. The summed E-state index contributed by atoms with van der Waals surface area (Å²) in [6, 6.07) is 9.96. The van der Waals surface area contributed by atoms with Crippen LogP contribution in [0.5, 0.6) is 0 Å². The number of hydrogen-bond acceptors (Lipinski definition) is 5. The second-order valence-corrected chi connectivity index (χ2v) is 6.91. The highest BCUT2D eigenvalue weighted by Gasteiger charge is 2.41. The van der Waals surface area contributed by atoms with Crippen LogP contribution in [-0.4, -0.2) is 42.5 Å². The molecule has 2 aromatic rings. The number of fused-ring (bicyclic) bond motifs is 1. The monoisotopic (exact) mass is 341 g/mol. The fraction of sp³-hybridized carbons (Fsp3) is 0.467. The molecule has 2 unspecified atom stereocenters. The normalized spacial score (nSPS) is 27.3. The van der Waals surface area contributed by atoms with Crippen LogP contribution in [0.15, 0.2) is 36.5 Å². The quantitative estimate of drug-likeness (QED) is 0.814. The van der Waals surface area contributed by atoms with Gasteiger partial charge in [0.25, 0.3) is 0 Å². The summed E-state index contributed by atoms with van der Waals surface area (Å²) in [4.78, 5) is 9.57. The fourth-order valence-electron chi connectivity index (χ4n) is 2.87. The first-order valence-electron chi connectivity index (χ1n) is 7.31. The lowest BCUT2D eigenvalue weighted by atomic mass is 10.2. The number of phosphoric ester groups is 1. The highest BCUT2D eigenvalue weighted by Crippen LogP contribution is 2.47. The van der Waals surface area contributed by atoms with Crippen molar-refractivity contribution in [3.05, 3.63) is 36.5 Å². The minimum atomic E-state index is -4.08. The van der Waals surface area contributed by atoms with E-state index in [9.17, 15) is 9.46 Å². The molecule has 1 aromatic carbocycles. The number of rotatable bonds is 6. The van der Waals surface area contributed by atoms with E-state index in [-0.39, 0.29) is 12.8 Å². The molecule has 1 saturated heterocycles. The van der Waals surface area contributed by atoms with Crippen LogP contribution in [0.25, 0.3) is 10.9 Å². The maximum atomic E-state index is 11.7. The molecule has 0 spiro atoms. The van der Waals surface area contributed by atoms with Crippen LogP contribution >= 0.6 is 7.82 Å². The van der Waals surface area contributed by atoms with Gasteiger partial charge < -0.3 is 18.9 Å². The number of phosphoric acid groups is 1. The summed E-state index contributed by atoms with van der Waals surface area (Å²) < 4.78 is 34.5. The van der Waals surface area contributed by atoms with E-state index in [4.69, 9.17) is 14.0 Å². The zero-order chi connectivity index (χ0) is 16.4. The Bertz CT molecular complexity index is 717. The van der Waals surface area contributed by atoms with Gasteiger partial charge in [0.15, 0.2) is 0 Å². The molecule has 4 atom stereocenters. The van der Waals surface area contributed by atoms with Gasteiger partial charge in [0.2, 0.25) is 0 Å². The SMILES string of the molecule is COC[C@H]1O[C@@H](n2ccc3ccccc32)CC1OP(=O)(O)OC. The van der Waals surface area contributed by atoms with Crippen LogP contribution in [0.4, 0.5) is 0 Å². The molecule has 1 N–H and O–H groups in total. The van der Waals surface area contributed by atoms with Gasteiger partial charge >= 0.3 is 7.82 Å². The molecular formula is C15H20NO6P. The number of hydrogen-bond donors (Lipinski definition) is 1. The van der Waals surface area contributed by atoms with E-state index in [1.807, 2.05) is 41.1 Å². The van der Waals surface area contributed by atoms with Crippen molar-refractivity contribution in [2.24, 2.45) is 0 Å². The second kappa shape index (κ2) is 6.73. The molecule has 1 aliphatic heterocycles. The van der Waals surface area contributed by atoms with Gasteiger partial charge in [-0.2, -0.15) is 0 Å².